The number of thioether (sulfide) groups is 1. The number of thiocarbonyl (C=S) groups is 1. The number of aromatic nitrogens is 2. The Morgan fingerprint density at radius 2 is 1.91 bits per heavy atom. The lowest BCUT2D eigenvalue weighted by Crippen LogP contribution is -2.34. The summed E-state index contributed by atoms with van der Waals surface area (Å²) in [6, 6.07) is 13.5. The molecule has 5 rings (SSSR count). The van der Waals surface area contributed by atoms with E-state index in [1.165, 1.54) is 20.4 Å². The average Bonchev–Trinajstić information content (AvgIpc) is 3.11. The summed E-state index contributed by atoms with van der Waals surface area (Å²) in [7, 11) is 0. The number of rotatable bonds is 5. The maximum absolute atomic E-state index is 13.5. The molecule has 1 saturated heterocycles. The van der Waals surface area contributed by atoms with E-state index < -0.39 is 11.9 Å². The Balaban J connectivity index is 1.59. The molecular weight excluding hydrogens is 472 g/mol. The molecule has 8 nitrogen and oxygen atoms in total. The van der Waals surface area contributed by atoms with E-state index in [-0.39, 0.29) is 27.8 Å². The molecule has 1 aromatic carbocycles. The van der Waals surface area contributed by atoms with E-state index in [9.17, 15) is 14.4 Å². The van der Waals surface area contributed by atoms with Gasteiger partial charge in [0.25, 0.3) is 11.5 Å². The van der Waals surface area contributed by atoms with Crippen LogP contribution in [0.25, 0.3) is 11.7 Å². The summed E-state index contributed by atoms with van der Waals surface area (Å²) in [6.45, 7) is 1.28. The summed E-state index contributed by atoms with van der Waals surface area (Å²) in [6.07, 6.45) is 3.81. The van der Waals surface area contributed by atoms with Gasteiger partial charge in [-0.3, -0.25) is 23.7 Å². The zero-order valence-electron chi connectivity index (χ0n) is 18.0. The van der Waals surface area contributed by atoms with Gasteiger partial charge in [0.2, 0.25) is 0 Å². The highest BCUT2D eigenvalue weighted by Crippen LogP contribution is 2.34. The molecule has 34 heavy (non-hydrogen) atoms. The molecule has 0 atom stereocenters. The number of fused-ring (bicyclic) bond motifs is 2. The van der Waals surface area contributed by atoms with Crippen LogP contribution in [0.15, 0.2) is 58.4 Å². The number of amides is 1. The van der Waals surface area contributed by atoms with Gasteiger partial charge in [0.1, 0.15) is 15.8 Å². The zero-order valence-corrected chi connectivity index (χ0v) is 19.6. The van der Waals surface area contributed by atoms with Crippen molar-refractivity contribution in [1.29, 1.82) is 0 Å². The van der Waals surface area contributed by atoms with E-state index in [4.69, 9.17) is 22.3 Å². The van der Waals surface area contributed by atoms with Crippen molar-refractivity contribution in [1.82, 2.24) is 14.3 Å². The second-order valence-electron chi connectivity index (χ2n) is 8.00. The summed E-state index contributed by atoms with van der Waals surface area (Å²) in [4.78, 5) is 45.9. The summed E-state index contributed by atoms with van der Waals surface area (Å²) < 4.78 is 1.73. The first-order valence-corrected chi connectivity index (χ1v) is 11.9. The number of carboxylic acids is 1. The largest absolute Gasteiger partial charge is 0.481 e. The van der Waals surface area contributed by atoms with E-state index >= 15 is 0 Å². The fraction of sp³-hybridized carbons (Fsp3) is 0.208. The topological polar surface area (TPSA) is 95.2 Å². The maximum Gasteiger partial charge on any atom is 0.305 e. The summed E-state index contributed by atoms with van der Waals surface area (Å²) >= 11 is 6.37. The number of carboxylic acid groups (broad SMARTS) is 1. The molecule has 3 aromatic rings. The van der Waals surface area contributed by atoms with Crippen LogP contribution in [-0.2, 0) is 22.6 Å². The summed E-state index contributed by atoms with van der Waals surface area (Å²) in [5.74, 6) is -0.895. The quantitative estimate of drug-likeness (QED) is 0.429. The Hall–Kier alpha value is -3.50. The van der Waals surface area contributed by atoms with E-state index in [1.807, 2.05) is 18.2 Å². The van der Waals surface area contributed by atoms with Gasteiger partial charge in [0, 0.05) is 25.8 Å². The van der Waals surface area contributed by atoms with Crippen LogP contribution in [0.3, 0.4) is 0 Å². The number of nitrogens with zero attached hydrogens (tertiary/aromatic N) is 4. The van der Waals surface area contributed by atoms with Crippen molar-refractivity contribution in [2.24, 2.45) is 0 Å². The van der Waals surface area contributed by atoms with Crippen molar-refractivity contribution in [2.45, 2.75) is 19.4 Å². The molecule has 0 spiro atoms. The van der Waals surface area contributed by atoms with Crippen molar-refractivity contribution in [3.8, 4) is 0 Å². The first kappa shape index (κ1) is 22.3. The lowest BCUT2D eigenvalue weighted by Gasteiger charge is -2.30. The standard InChI is InChI=1S/C24H20N4O4S2/c29-20(30)9-12-28-23(32)18(34-24(28)33)13-17-21(25-19-7-3-4-10-27(19)22(17)31)26-11-8-15-5-1-2-6-16(15)14-26/h1-7,10,13H,8-9,11-12,14H2,(H,29,30)/b18-13-. The molecule has 1 amide bonds. The second kappa shape index (κ2) is 9.03. The van der Waals surface area contributed by atoms with Crippen LogP contribution in [0.4, 0.5) is 5.82 Å². The van der Waals surface area contributed by atoms with Crippen LogP contribution in [0.2, 0.25) is 0 Å². The number of benzene rings is 1. The van der Waals surface area contributed by atoms with Crippen molar-refractivity contribution in [2.75, 3.05) is 18.0 Å². The monoisotopic (exact) mass is 492 g/mol. The van der Waals surface area contributed by atoms with Crippen molar-refractivity contribution in [3.05, 3.63) is 80.6 Å². The average molecular weight is 493 g/mol. The third-order valence-corrected chi connectivity index (χ3v) is 7.26. The Labute approximate surface area is 204 Å². The highest BCUT2D eigenvalue weighted by atomic mass is 32.2. The maximum atomic E-state index is 13.5. The molecule has 172 valence electrons. The minimum atomic E-state index is -1.01. The van der Waals surface area contributed by atoms with Crippen molar-refractivity contribution >= 4 is 57.7 Å². The van der Waals surface area contributed by atoms with Crippen LogP contribution >= 0.6 is 24.0 Å². The van der Waals surface area contributed by atoms with Gasteiger partial charge in [-0.2, -0.15) is 0 Å². The minimum Gasteiger partial charge on any atom is -0.481 e. The molecule has 2 aliphatic rings. The lowest BCUT2D eigenvalue weighted by atomic mass is 9.99. The van der Waals surface area contributed by atoms with Crippen LogP contribution < -0.4 is 10.5 Å². The Morgan fingerprint density at radius 3 is 2.71 bits per heavy atom. The van der Waals surface area contributed by atoms with Gasteiger partial charge in [-0.05, 0) is 35.8 Å². The normalized spacial score (nSPS) is 17.0. The van der Waals surface area contributed by atoms with E-state index in [0.29, 0.717) is 30.1 Å². The molecule has 0 aliphatic carbocycles. The highest BCUT2D eigenvalue weighted by molar-refractivity contribution is 8.26. The van der Waals surface area contributed by atoms with Crippen molar-refractivity contribution in [3.63, 3.8) is 0 Å². The smallest absolute Gasteiger partial charge is 0.305 e. The molecule has 0 radical (unpaired) electrons. The molecule has 0 unspecified atom stereocenters. The van der Waals surface area contributed by atoms with E-state index in [0.717, 1.165) is 18.2 Å². The number of hydrogen-bond donors (Lipinski definition) is 1. The Morgan fingerprint density at radius 1 is 1.15 bits per heavy atom. The number of carbonyl (C=O) groups is 2. The summed E-state index contributed by atoms with van der Waals surface area (Å²) in [5.41, 5.74) is 3.00. The van der Waals surface area contributed by atoms with Gasteiger partial charge < -0.3 is 10.0 Å². The Bertz CT molecular complexity index is 1430. The molecule has 1 N–H and O–H groups in total. The first-order valence-electron chi connectivity index (χ1n) is 10.7. The van der Waals surface area contributed by atoms with Crippen LogP contribution in [-0.4, -0.2) is 48.7 Å². The SMILES string of the molecule is O=C(O)CCN1C(=O)/C(=C/c2c(N3CCc4ccccc4C3)nc3ccccn3c2=O)SC1=S. The van der Waals surface area contributed by atoms with Gasteiger partial charge in [-0.1, -0.05) is 54.3 Å². The lowest BCUT2D eigenvalue weighted by molar-refractivity contribution is -0.137. The van der Waals surface area contributed by atoms with Gasteiger partial charge in [-0.15, -0.1) is 0 Å². The predicted octanol–water partition coefficient (Wildman–Crippen LogP) is 2.93. The van der Waals surface area contributed by atoms with Gasteiger partial charge in [-0.25, -0.2) is 4.98 Å². The number of carbonyl (C=O) groups excluding carboxylic acids is 1. The zero-order chi connectivity index (χ0) is 23.8. The van der Waals surface area contributed by atoms with E-state index in [2.05, 4.69) is 17.0 Å². The number of hydrogen-bond acceptors (Lipinski definition) is 7. The third kappa shape index (κ3) is 4.10. The molecule has 2 aliphatic heterocycles. The molecule has 1 fully saturated rings. The van der Waals surface area contributed by atoms with Crippen LogP contribution in [0, 0.1) is 0 Å². The van der Waals surface area contributed by atoms with Gasteiger partial charge >= 0.3 is 5.97 Å². The number of anilines is 1. The van der Waals surface area contributed by atoms with E-state index in [1.54, 1.807) is 24.4 Å². The second-order valence-corrected chi connectivity index (χ2v) is 9.68. The number of pyridine rings is 1. The third-order valence-electron chi connectivity index (χ3n) is 5.88. The highest BCUT2D eigenvalue weighted by Gasteiger charge is 2.33. The molecule has 0 saturated carbocycles. The molecular formula is C24H20N4O4S2. The first-order chi connectivity index (χ1) is 16.4. The molecule has 2 aromatic heterocycles. The number of aliphatic carboxylic acids is 1. The summed E-state index contributed by atoms with van der Waals surface area (Å²) in [5, 5.41) is 8.97. The Kier molecular flexibility index (Phi) is 5.93. The van der Waals surface area contributed by atoms with Crippen LogP contribution in [0.1, 0.15) is 23.1 Å². The molecule has 0 bridgehead atoms. The molecule has 10 heteroatoms. The van der Waals surface area contributed by atoms with Crippen LogP contribution in [0.5, 0.6) is 0 Å². The predicted molar refractivity (Wildman–Crippen MR) is 135 cm³/mol. The van der Waals surface area contributed by atoms with Gasteiger partial charge in [0.05, 0.1) is 16.9 Å². The minimum absolute atomic E-state index is 0.0118. The fourth-order valence-electron chi connectivity index (χ4n) is 4.17. The van der Waals surface area contributed by atoms with Gasteiger partial charge in [0.15, 0.2) is 0 Å². The fourth-order valence-corrected chi connectivity index (χ4v) is 5.46. The van der Waals surface area contributed by atoms with Crippen molar-refractivity contribution < 1.29 is 14.7 Å². The molecule has 4 heterocycles.